The fourth-order valence-electron chi connectivity index (χ4n) is 2.32. The maximum atomic E-state index is 11.9. The van der Waals surface area contributed by atoms with Crippen LogP contribution in [-0.2, 0) is 0 Å². The Morgan fingerprint density at radius 3 is 3.00 bits per heavy atom. The zero-order valence-electron chi connectivity index (χ0n) is 9.83. The summed E-state index contributed by atoms with van der Waals surface area (Å²) in [5.74, 6) is -0.0109. The number of rotatable bonds is 1. The molecule has 0 spiro atoms. The van der Waals surface area contributed by atoms with E-state index < -0.39 is 0 Å². The predicted molar refractivity (Wildman–Crippen MR) is 75.3 cm³/mol. The molecule has 0 bridgehead atoms. The molecule has 1 aromatic carbocycles. The molecule has 1 N–H and O–H groups in total. The van der Waals surface area contributed by atoms with Gasteiger partial charge in [-0.2, -0.15) is 0 Å². The lowest BCUT2D eigenvalue weighted by Gasteiger charge is -2.12. The third-order valence-electron chi connectivity index (χ3n) is 3.18. The summed E-state index contributed by atoms with van der Waals surface area (Å²) in [6.07, 6.45) is 1.77. The molecule has 18 heavy (non-hydrogen) atoms. The fourth-order valence-corrected chi connectivity index (χ4v) is 2.49. The summed E-state index contributed by atoms with van der Waals surface area (Å²) in [6, 6.07) is 5.43. The molecule has 1 aliphatic heterocycles. The lowest BCUT2D eigenvalue weighted by molar-refractivity contribution is 1.10. The minimum atomic E-state index is -0.167. The molecule has 3 nitrogen and oxygen atoms in total. The quantitative estimate of drug-likeness (QED) is 0.781. The summed E-state index contributed by atoms with van der Waals surface area (Å²) in [5, 5.41) is 1.58. The van der Waals surface area contributed by atoms with Gasteiger partial charge in [-0.3, -0.25) is 9.79 Å². The van der Waals surface area contributed by atoms with E-state index in [1.54, 1.807) is 12.3 Å². The third kappa shape index (κ3) is 1.51. The van der Waals surface area contributed by atoms with Gasteiger partial charge in [0.1, 0.15) is 5.69 Å². The summed E-state index contributed by atoms with van der Waals surface area (Å²) in [4.78, 5) is 19.0. The van der Waals surface area contributed by atoms with Crippen molar-refractivity contribution in [2.24, 2.45) is 4.99 Å². The van der Waals surface area contributed by atoms with E-state index in [2.05, 4.69) is 16.6 Å². The third-order valence-corrected chi connectivity index (χ3v) is 3.42. The van der Waals surface area contributed by atoms with Crippen LogP contribution in [0.15, 0.2) is 40.1 Å². The maximum absolute atomic E-state index is 11.9. The minimum Gasteiger partial charge on any atom is -0.320 e. The number of hydrogen-bond donors (Lipinski definition) is 1. The Morgan fingerprint density at radius 2 is 2.28 bits per heavy atom. The van der Waals surface area contributed by atoms with Crippen LogP contribution in [0.2, 0.25) is 5.02 Å². The largest absolute Gasteiger partial charge is 0.320 e. The van der Waals surface area contributed by atoms with Gasteiger partial charge in [0.05, 0.1) is 0 Å². The number of benzene rings is 1. The first-order valence-corrected chi connectivity index (χ1v) is 6.01. The van der Waals surface area contributed by atoms with Gasteiger partial charge in [0.15, 0.2) is 0 Å². The molecular formula is C14H11ClN2O. The molecule has 1 atom stereocenters. The molecule has 4 heteroatoms. The monoisotopic (exact) mass is 258 g/mol. The van der Waals surface area contributed by atoms with Crippen molar-refractivity contribution in [2.75, 3.05) is 0 Å². The van der Waals surface area contributed by atoms with E-state index in [-0.39, 0.29) is 11.5 Å². The molecule has 0 fully saturated rings. The molecule has 1 aliphatic rings. The van der Waals surface area contributed by atoms with Crippen molar-refractivity contribution in [3.05, 3.63) is 51.3 Å². The molecule has 90 valence electrons. The minimum absolute atomic E-state index is 0.0109. The fraction of sp³-hybridized carbons (Fsp3) is 0.143. The highest BCUT2D eigenvalue weighted by molar-refractivity contribution is 6.31. The highest BCUT2D eigenvalue weighted by atomic mass is 35.5. The maximum Gasteiger partial charge on any atom is 0.274 e. The smallest absolute Gasteiger partial charge is 0.274 e. The van der Waals surface area contributed by atoms with Crippen molar-refractivity contribution >= 4 is 34.4 Å². The lowest BCUT2D eigenvalue weighted by Crippen LogP contribution is -2.08. The second-order valence-electron chi connectivity index (χ2n) is 4.51. The Morgan fingerprint density at radius 1 is 1.50 bits per heavy atom. The van der Waals surface area contributed by atoms with E-state index in [9.17, 15) is 4.79 Å². The first kappa shape index (κ1) is 11.2. The van der Waals surface area contributed by atoms with Gasteiger partial charge >= 0.3 is 0 Å². The number of nitrogens with one attached hydrogen (secondary N) is 1. The second-order valence-corrected chi connectivity index (χ2v) is 4.94. The number of hydrogen-bond acceptors (Lipinski definition) is 2. The van der Waals surface area contributed by atoms with Crippen LogP contribution in [0.1, 0.15) is 18.4 Å². The molecule has 3 rings (SSSR count). The van der Waals surface area contributed by atoms with Crippen LogP contribution in [0.4, 0.5) is 5.69 Å². The molecule has 0 aliphatic carbocycles. The van der Waals surface area contributed by atoms with Gasteiger partial charge in [0.25, 0.3) is 5.56 Å². The van der Waals surface area contributed by atoms with Gasteiger partial charge in [-0.25, -0.2) is 0 Å². The molecule has 0 radical (unpaired) electrons. The lowest BCUT2D eigenvalue weighted by atomic mass is 9.92. The number of nitrogens with zero attached hydrogens (tertiary/aromatic N) is 1. The first-order valence-electron chi connectivity index (χ1n) is 5.63. The number of halogens is 1. The van der Waals surface area contributed by atoms with E-state index in [0.717, 1.165) is 22.0 Å². The molecule has 1 unspecified atom stereocenters. The molecule has 0 saturated heterocycles. The number of aromatic nitrogens is 1. The van der Waals surface area contributed by atoms with Gasteiger partial charge in [-0.1, -0.05) is 23.8 Å². The van der Waals surface area contributed by atoms with Gasteiger partial charge in [-0.15, -0.1) is 0 Å². The predicted octanol–water partition coefficient (Wildman–Crippen LogP) is 3.56. The standard InChI is InChI=1S/C14H11ClN2O/c1-7(2)10-6-16-13-12(10)9-5-8(15)3-4-11(9)17-14(13)18/h3-6,10H,1H2,2H3,(H,17,18). The van der Waals surface area contributed by atoms with E-state index in [0.29, 0.717) is 10.7 Å². The number of H-pyrrole nitrogens is 1. The molecule has 0 saturated carbocycles. The van der Waals surface area contributed by atoms with Crippen LogP contribution in [0.3, 0.4) is 0 Å². The van der Waals surface area contributed by atoms with Crippen molar-refractivity contribution < 1.29 is 0 Å². The van der Waals surface area contributed by atoms with E-state index >= 15 is 0 Å². The first-order chi connectivity index (χ1) is 8.58. The van der Waals surface area contributed by atoms with E-state index in [1.165, 1.54) is 0 Å². The average Bonchev–Trinajstić information content (AvgIpc) is 2.76. The number of fused-ring (bicyclic) bond motifs is 3. The van der Waals surface area contributed by atoms with Crippen molar-refractivity contribution in [1.29, 1.82) is 0 Å². The van der Waals surface area contributed by atoms with Crippen LogP contribution < -0.4 is 5.56 Å². The van der Waals surface area contributed by atoms with Crippen molar-refractivity contribution in [3.63, 3.8) is 0 Å². The number of pyridine rings is 1. The van der Waals surface area contributed by atoms with Crippen molar-refractivity contribution in [3.8, 4) is 0 Å². The summed E-state index contributed by atoms with van der Waals surface area (Å²) >= 11 is 6.03. The Balaban J connectivity index is 2.45. The Kier molecular flexibility index (Phi) is 2.38. The van der Waals surface area contributed by atoms with Crippen LogP contribution in [-0.4, -0.2) is 11.2 Å². The number of aliphatic imine (C=N–C) groups is 1. The van der Waals surface area contributed by atoms with Gasteiger partial charge in [0.2, 0.25) is 0 Å². The van der Waals surface area contributed by atoms with Crippen LogP contribution in [0.5, 0.6) is 0 Å². The Labute approximate surface area is 109 Å². The zero-order valence-corrected chi connectivity index (χ0v) is 10.6. The zero-order chi connectivity index (χ0) is 12.9. The highest BCUT2D eigenvalue weighted by Gasteiger charge is 2.24. The number of allylic oxidation sites excluding steroid dienone is 1. The van der Waals surface area contributed by atoms with E-state index in [1.807, 2.05) is 19.1 Å². The molecule has 2 aromatic rings. The van der Waals surface area contributed by atoms with Gasteiger partial charge in [-0.05, 0) is 25.1 Å². The summed E-state index contributed by atoms with van der Waals surface area (Å²) in [7, 11) is 0. The Hall–Kier alpha value is -1.87. The Bertz CT molecular complexity index is 758. The van der Waals surface area contributed by atoms with Crippen molar-refractivity contribution in [2.45, 2.75) is 12.8 Å². The topological polar surface area (TPSA) is 45.2 Å². The number of aromatic amines is 1. The normalized spacial score (nSPS) is 17.1. The molecule has 0 amide bonds. The second kappa shape index (κ2) is 3.82. The highest BCUT2D eigenvalue weighted by Crippen LogP contribution is 2.38. The van der Waals surface area contributed by atoms with Crippen molar-refractivity contribution in [1.82, 2.24) is 4.98 Å². The average molecular weight is 259 g/mol. The van der Waals surface area contributed by atoms with Crippen LogP contribution in [0, 0.1) is 0 Å². The summed E-state index contributed by atoms with van der Waals surface area (Å²) < 4.78 is 0. The van der Waals surface area contributed by atoms with Gasteiger partial charge in [0, 0.05) is 33.6 Å². The summed E-state index contributed by atoms with van der Waals surface area (Å²) in [5.41, 5.74) is 2.95. The molecule has 2 heterocycles. The van der Waals surface area contributed by atoms with E-state index in [4.69, 9.17) is 11.6 Å². The SMILES string of the molecule is C=C(C)C1C=Nc2c1c1cc(Cl)ccc1[nH]c2=O. The molecular weight excluding hydrogens is 248 g/mol. The molecule has 1 aromatic heterocycles. The van der Waals surface area contributed by atoms with Crippen LogP contribution in [0.25, 0.3) is 10.9 Å². The van der Waals surface area contributed by atoms with Gasteiger partial charge < -0.3 is 4.98 Å². The van der Waals surface area contributed by atoms with Crippen LogP contribution >= 0.6 is 11.6 Å². The summed E-state index contributed by atoms with van der Waals surface area (Å²) in [6.45, 7) is 5.89.